The van der Waals surface area contributed by atoms with Gasteiger partial charge in [0.15, 0.2) is 0 Å². The highest BCUT2D eigenvalue weighted by Gasteiger charge is 2.32. The lowest BCUT2D eigenvalue weighted by Crippen LogP contribution is -2.42. The van der Waals surface area contributed by atoms with Crippen molar-refractivity contribution in [3.63, 3.8) is 0 Å². The average molecular weight is 279 g/mol. The van der Waals surface area contributed by atoms with Crippen molar-refractivity contribution in [2.24, 2.45) is 0 Å². The second kappa shape index (κ2) is 5.63. The van der Waals surface area contributed by atoms with Gasteiger partial charge in [0.2, 0.25) is 11.9 Å². The number of benzene rings is 2. The van der Waals surface area contributed by atoms with Crippen LogP contribution in [-0.2, 0) is 9.59 Å². The van der Waals surface area contributed by atoms with Crippen LogP contribution in [0.2, 0.25) is 0 Å². The first-order valence-corrected chi connectivity index (χ1v) is 6.57. The fourth-order valence-electron chi connectivity index (χ4n) is 2.07. The molecule has 2 aromatic carbocycles. The molecule has 1 aliphatic heterocycles. The molecule has 21 heavy (non-hydrogen) atoms. The molecule has 3 rings (SSSR count). The van der Waals surface area contributed by atoms with E-state index in [2.05, 4.69) is 5.32 Å². The number of carbonyl (C=O) groups is 2. The molecule has 0 radical (unpaired) electrons. The zero-order chi connectivity index (χ0) is 14.7. The quantitative estimate of drug-likeness (QED) is 0.694. The standard InChI is InChI=1S/C17H13NO3/c19-14(11-10-12-6-2-1-3-7-12)16-17(20)18-13-8-4-5-9-15(13)21-16/h1-11,16H,(H,18,20). The number of hydrogen-bond acceptors (Lipinski definition) is 3. The summed E-state index contributed by atoms with van der Waals surface area (Å²) in [5, 5.41) is 2.67. The number of amides is 1. The van der Waals surface area contributed by atoms with E-state index in [1.54, 1.807) is 30.3 Å². The fourth-order valence-corrected chi connectivity index (χ4v) is 2.07. The minimum absolute atomic E-state index is 0.383. The summed E-state index contributed by atoms with van der Waals surface area (Å²) in [6, 6.07) is 16.4. The number of nitrogens with one attached hydrogen (secondary N) is 1. The molecule has 0 aliphatic carbocycles. The van der Waals surface area contributed by atoms with Gasteiger partial charge in [0.05, 0.1) is 5.69 Å². The third kappa shape index (κ3) is 2.84. The van der Waals surface area contributed by atoms with Crippen LogP contribution in [0.3, 0.4) is 0 Å². The number of para-hydroxylation sites is 2. The predicted octanol–water partition coefficient (Wildman–Crippen LogP) is 2.67. The summed E-state index contributed by atoms with van der Waals surface area (Å²) in [5.74, 6) is -0.328. The van der Waals surface area contributed by atoms with Gasteiger partial charge in [0, 0.05) is 0 Å². The fraction of sp³-hybridized carbons (Fsp3) is 0.0588. The van der Waals surface area contributed by atoms with Crippen molar-refractivity contribution >= 4 is 23.5 Å². The zero-order valence-corrected chi connectivity index (χ0v) is 11.2. The molecule has 1 amide bonds. The summed E-state index contributed by atoms with van der Waals surface area (Å²) >= 11 is 0. The van der Waals surface area contributed by atoms with E-state index in [1.807, 2.05) is 30.3 Å². The van der Waals surface area contributed by atoms with Crippen molar-refractivity contribution in [1.82, 2.24) is 0 Å². The molecule has 0 fully saturated rings. The van der Waals surface area contributed by atoms with E-state index in [0.717, 1.165) is 5.56 Å². The molecule has 2 aromatic rings. The highest BCUT2D eigenvalue weighted by molar-refractivity contribution is 6.16. The van der Waals surface area contributed by atoms with Crippen LogP contribution in [0.25, 0.3) is 6.08 Å². The van der Waals surface area contributed by atoms with Crippen LogP contribution in [0.4, 0.5) is 5.69 Å². The lowest BCUT2D eigenvalue weighted by atomic mass is 10.1. The van der Waals surface area contributed by atoms with Crippen LogP contribution in [0, 0.1) is 0 Å². The summed E-state index contributed by atoms with van der Waals surface area (Å²) in [5.41, 5.74) is 1.47. The van der Waals surface area contributed by atoms with Crippen molar-refractivity contribution in [2.45, 2.75) is 6.10 Å². The van der Waals surface area contributed by atoms with Crippen molar-refractivity contribution in [2.75, 3.05) is 5.32 Å². The molecular weight excluding hydrogens is 266 g/mol. The van der Waals surface area contributed by atoms with Crippen LogP contribution in [0.1, 0.15) is 5.56 Å². The molecule has 1 atom stereocenters. The van der Waals surface area contributed by atoms with Gasteiger partial charge in [-0.1, -0.05) is 48.5 Å². The molecule has 1 aliphatic rings. The van der Waals surface area contributed by atoms with Crippen molar-refractivity contribution in [1.29, 1.82) is 0 Å². The van der Waals surface area contributed by atoms with Crippen LogP contribution in [0.5, 0.6) is 5.75 Å². The third-order valence-corrected chi connectivity index (χ3v) is 3.13. The Morgan fingerprint density at radius 1 is 1.05 bits per heavy atom. The Morgan fingerprint density at radius 3 is 2.57 bits per heavy atom. The minimum Gasteiger partial charge on any atom is -0.470 e. The minimum atomic E-state index is -1.14. The molecule has 4 heteroatoms. The molecule has 0 saturated carbocycles. The molecule has 0 spiro atoms. The van der Waals surface area contributed by atoms with Crippen molar-refractivity contribution in [3.05, 3.63) is 66.2 Å². The second-order valence-corrected chi connectivity index (χ2v) is 4.63. The molecule has 0 bridgehead atoms. The van der Waals surface area contributed by atoms with Gasteiger partial charge < -0.3 is 10.1 Å². The molecule has 104 valence electrons. The normalized spacial score (nSPS) is 17.0. The van der Waals surface area contributed by atoms with Crippen LogP contribution >= 0.6 is 0 Å². The number of anilines is 1. The van der Waals surface area contributed by atoms with Gasteiger partial charge in [-0.25, -0.2) is 0 Å². The average Bonchev–Trinajstić information content (AvgIpc) is 2.53. The Hall–Kier alpha value is -2.88. The van der Waals surface area contributed by atoms with Gasteiger partial charge in [0.1, 0.15) is 5.75 Å². The second-order valence-electron chi connectivity index (χ2n) is 4.63. The zero-order valence-electron chi connectivity index (χ0n) is 11.2. The molecule has 1 N–H and O–H groups in total. The summed E-state index contributed by atoms with van der Waals surface area (Å²) in [7, 11) is 0. The van der Waals surface area contributed by atoms with Crippen LogP contribution in [-0.4, -0.2) is 17.8 Å². The smallest absolute Gasteiger partial charge is 0.273 e. The lowest BCUT2D eigenvalue weighted by Gasteiger charge is -2.23. The van der Waals surface area contributed by atoms with E-state index in [0.29, 0.717) is 11.4 Å². The molecule has 0 saturated heterocycles. The Balaban J connectivity index is 1.77. The Labute approximate surface area is 122 Å². The summed E-state index contributed by atoms with van der Waals surface area (Å²) in [6.07, 6.45) is 1.90. The molecule has 4 nitrogen and oxygen atoms in total. The highest BCUT2D eigenvalue weighted by Crippen LogP contribution is 2.29. The molecule has 1 unspecified atom stereocenters. The van der Waals surface area contributed by atoms with E-state index in [1.165, 1.54) is 6.08 Å². The maximum Gasteiger partial charge on any atom is 0.273 e. The number of carbonyl (C=O) groups excluding carboxylic acids is 2. The number of hydrogen-bond donors (Lipinski definition) is 1. The van der Waals surface area contributed by atoms with E-state index < -0.39 is 12.0 Å². The largest absolute Gasteiger partial charge is 0.470 e. The Kier molecular flexibility index (Phi) is 3.51. The first kappa shape index (κ1) is 13.1. The van der Waals surface area contributed by atoms with E-state index in [9.17, 15) is 9.59 Å². The number of ketones is 1. The monoisotopic (exact) mass is 279 g/mol. The number of fused-ring (bicyclic) bond motifs is 1. The van der Waals surface area contributed by atoms with Crippen LogP contribution < -0.4 is 10.1 Å². The summed E-state index contributed by atoms with van der Waals surface area (Å²) < 4.78 is 5.48. The Morgan fingerprint density at radius 2 is 1.76 bits per heavy atom. The van der Waals surface area contributed by atoms with Gasteiger partial charge in [-0.3, -0.25) is 9.59 Å². The first-order chi connectivity index (χ1) is 10.2. The van der Waals surface area contributed by atoms with Crippen molar-refractivity contribution < 1.29 is 14.3 Å². The van der Waals surface area contributed by atoms with Gasteiger partial charge in [-0.15, -0.1) is 0 Å². The maximum absolute atomic E-state index is 12.1. The van der Waals surface area contributed by atoms with Gasteiger partial charge >= 0.3 is 0 Å². The Bertz CT molecular complexity index is 707. The number of ether oxygens (including phenoxy) is 1. The summed E-state index contributed by atoms with van der Waals surface area (Å²) in [4.78, 5) is 24.0. The van der Waals surface area contributed by atoms with E-state index >= 15 is 0 Å². The SMILES string of the molecule is O=C(C=Cc1ccccc1)C1Oc2ccccc2NC1=O. The van der Waals surface area contributed by atoms with Crippen LogP contribution in [0.15, 0.2) is 60.7 Å². The summed E-state index contributed by atoms with van der Waals surface area (Å²) in [6.45, 7) is 0. The van der Waals surface area contributed by atoms with E-state index in [4.69, 9.17) is 4.74 Å². The van der Waals surface area contributed by atoms with Crippen molar-refractivity contribution in [3.8, 4) is 5.75 Å². The van der Waals surface area contributed by atoms with Gasteiger partial charge in [-0.05, 0) is 23.8 Å². The predicted molar refractivity (Wildman–Crippen MR) is 80.0 cm³/mol. The molecule has 0 aromatic heterocycles. The first-order valence-electron chi connectivity index (χ1n) is 6.57. The maximum atomic E-state index is 12.1. The van der Waals surface area contributed by atoms with Gasteiger partial charge in [-0.2, -0.15) is 0 Å². The third-order valence-electron chi connectivity index (χ3n) is 3.13. The topological polar surface area (TPSA) is 55.4 Å². The van der Waals surface area contributed by atoms with E-state index in [-0.39, 0.29) is 5.78 Å². The molecular formula is C17H13NO3. The van der Waals surface area contributed by atoms with Gasteiger partial charge in [0.25, 0.3) is 5.91 Å². The number of rotatable bonds is 3. The molecule has 1 heterocycles. The lowest BCUT2D eigenvalue weighted by molar-refractivity contribution is -0.132. The highest BCUT2D eigenvalue weighted by atomic mass is 16.5.